The topological polar surface area (TPSA) is 81.4 Å². The van der Waals surface area contributed by atoms with Gasteiger partial charge < -0.3 is 15.8 Å². The third-order valence-corrected chi connectivity index (χ3v) is 3.53. The lowest BCUT2D eigenvalue weighted by atomic mass is 10.0. The number of hydrogen-bond acceptors (Lipinski definition) is 3. The van der Waals surface area contributed by atoms with Crippen molar-refractivity contribution < 1.29 is 31.9 Å². The van der Waals surface area contributed by atoms with E-state index < -0.39 is 47.5 Å². The lowest BCUT2D eigenvalue weighted by Gasteiger charge is -2.18. The number of anilines is 1. The van der Waals surface area contributed by atoms with Gasteiger partial charge in [0.1, 0.15) is 11.9 Å². The monoisotopic (exact) mass is 334 g/mol. The van der Waals surface area contributed by atoms with E-state index in [4.69, 9.17) is 10.5 Å². The molecule has 5 nitrogen and oxygen atoms in total. The number of primary amides is 1. The molecule has 1 saturated heterocycles. The predicted octanol–water partition coefficient (Wildman–Crippen LogP) is 2.22. The Labute approximate surface area is 128 Å². The Kier molecular flexibility index (Phi) is 4.60. The Balaban J connectivity index is 2.09. The molecule has 9 heteroatoms. The van der Waals surface area contributed by atoms with Gasteiger partial charge in [0, 0.05) is 5.69 Å². The minimum atomic E-state index is -4.55. The number of rotatable bonds is 3. The fourth-order valence-electron chi connectivity index (χ4n) is 2.41. The molecule has 1 aliphatic heterocycles. The number of ether oxygens (including phenoxy) is 1. The minimum absolute atomic E-state index is 0.0388. The molecule has 1 aliphatic rings. The van der Waals surface area contributed by atoms with Crippen LogP contribution in [0, 0.1) is 11.7 Å². The van der Waals surface area contributed by atoms with Crippen molar-refractivity contribution >= 4 is 17.5 Å². The van der Waals surface area contributed by atoms with Crippen LogP contribution in [0.5, 0.6) is 0 Å². The molecular formula is C14H14F4N2O3. The zero-order valence-electron chi connectivity index (χ0n) is 12.0. The van der Waals surface area contributed by atoms with Crippen LogP contribution < -0.4 is 11.1 Å². The quantitative estimate of drug-likeness (QED) is 0.832. The highest BCUT2D eigenvalue weighted by atomic mass is 19.4. The van der Waals surface area contributed by atoms with Crippen LogP contribution in [0.1, 0.15) is 23.7 Å². The SMILES string of the molecule is CC1C[C@H](C(=O)Nc2ccc(F)c(C(N)=O)c2)OC1C(F)(F)F. The number of hydrogen-bond donors (Lipinski definition) is 2. The van der Waals surface area contributed by atoms with Crippen LogP contribution in [-0.2, 0) is 9.53 Å². The molecule has 0 saturated carbocycles. The fourth-order valence-corrected chi connectivity index (χ4v) is 2.41. The van der Waals surface area contributed by atoms with E-state index in [1.807, 2.05) is 0 Å². The molecule has 2 unspecified atom stereocenters. The van der Waals surface area contributed by atoms with E-state index in [2.05, 4.69) is 5.32 Å². The molecule has 2 amide bonds. The predicted molar refractivity (Wildman–Crippen MR) is 72.0 cm³/mol. The van der Waals surface area contributed by atoms with Crippen molar-refractivity contribution in [3.05, 3.63) is 29.6 Å². The van der Waals surface area contributed by atoms with E-state index in [1.54, 1.807) is 0 Å². The second-order valence-electron chi connectivity index (χ2n) is 5.35. The van der Waals surface area contributed by atoms with E-state index >= 15 is 0 Å². The molecule has 2 rings (SSSR count). The van der Waals surface area contributed by atoms with Crippen LogP contribution in [0.2, 0.25) is 0 Å². The van der Waals surface area contributed by atoms with Crippen LogP contribution in [0.4, 0.5) is 23.2 Å². The highest BCUT2D eigenvalue weighted by Crippen LogP contribution is 2.37. The van der Waals surface area contributed by atoms with Crippen LogP contribution in [0.25, 0.3) is 0 Å². The van der Waals surface area contributed by atoms with Crippen molar-refractivity contribution in [3.63, 3.8) is 0 Å². The first kappa shape index (κ1) is 17.2. The molecule has 3 atom stereocenters. The summed E-state index contributed by atoms with van der Waals surface area (Å²) in [5.74, 6) is -3.55. The van der Waals surface area contributed by atoms with E-state index in [1.165, 1.54) is 13.0 Å². The van der Waals surface area contributed by atoms with Gasteiger partial charge in [-0.1, -0.05) is 6.92 Å². The summed E-state index contributed by atoms with van der Waals surface area (Å²) >= 11 is 0. The molecule has 0 aliphatic carbocycles. The Morgan fingerprint density at radius 2 is 2.00 bits per heavy atom. The van der Waals surface area contributed by atoms with Gasteiger partial charge >= 0.3 is 6.18 Å². The molecule has 0 bridgehead atoms. The van der Waals surface area contributed by atoms with Gasteiger partial charge in [-0.25, -0.2) is 4.39 Å². The summed E-state index contributed by atoms with van der Waals surface area (Å²) in [6.07, 6.45) is -7.94. The first-order valence-corrected chi connectivity index (χ1v) is 6.72. The van der Waals surface area contributed by atoms with Crippen molar-refractivity contribution in [1.82, 2.24) is 0 Å². The maximum Gasteiger partial charge on any atom is 0.414 e. The van der Waals surface area contributed by atoms with Crippen LogP contribution in [0.15, 0.2) is 18.2 Å². The number of benzene rings is 1. The van der Waals surface area contributed by atoms with Gasteiger partial charge in [-0.15, -0.1) is 0 Å². The van der Waals surface area contributed by atoms with E-state index in [-0.39, 0.29) is 12.1 Å². The number of halogens is 4. The third kappa shape index (κ3) is 3.79. The second kappa shape index (κ2) is 6.15. The number of nitrogens with two attached hydrogens (primary N) is 1. The molecule has 0 spiro atoms. The minimum Gasteiger partial charge on any atom is -0.366 e. The lowest BCUT2D eigenvalue weighted by Crippen LogP contribution is -2.35. The van der Waals surface area contributed by atoms with Crippen LogP contribution in [-0.4, -0.2) is 30.2 Å². The number of amides is 2. The van der Waals surface area contributed by atoms with Gasteiger partial charge in [-0.2, -0.15) is 13.2 Å². The molecule has 1 fully saturated rings. The average Bonchev–Trinajstić information content (AvgIpc) is 2.83. The number of carbonyl (C=O) groups is 2. The van der Waals surface area contributed by atoms with Crippen molar-refractivity contribution in [2.24, 2.45) is 11.7 Å². The summed E-state index contributed by atoms with van der Waals surface area (Å²) in [4.78, 5) is 23.0. The molecule has 1 heterocycles. The molecule has 0 radical (unpaired) electrons. The van der Waals surface area contributed by atoms with E-state index in [0.29, 0.717) is 0 Å². The van der Waals surface area contributed by atoms with Crippen molar-refractivity contribution in [2.45, 2.75) is 31.7 Å². The number of nitrogens with one attached hydrogen (secondary N) is 1. The van der Waals surface area contributed by atoms with Crippen molar-refractivity contribution in [3.8, 4) is 0 Å². The van der Waals surface area contributed by atoms with Gasteiger partial charge in [0.15, 0.2) is 6.10 Å². The maximum absolute atomic E-state index is 13.3. The van der Waals surface area contributed by atoms with Gasteiger partial charge in [-0.05, 0) is 30.5 Å². The second-order valence-corrected chi connectivity index (χ2v) is 5.35. The highest BCUT2D eigenvalue weighted by molar-refractivity contribution is 5.97. The summed E-state index contributed by atoms with van der Waals surface area (Å²) in [5, 5.41) is 2.29. The maximum atomic E-state index is 13.3. The largest absolute Gasteiger partial charge is 0.414 e. The first-order chi connectivity index (χ1) is 10.6. The average molecular weight is 334 g/mol. The molecule has 1 aromatic rings. The Bertz CT molecular complexity index is 633. The smallest absolute Gasteiger partial charge is 0.366 e. The van der Waals surface area contributed by atoms with Crippen molar-refractivity contribution in [1.29, 1.82) is 0 Å². The summed E-state index contributed by atoms with van der Waals surface area (Å²) in [6.45, 7) is 1.34. The summed E-state index contributed by atoms with van der Waals surface area (Å²) < 4.78 is 56.2. The Morgan fingerprint density at radius 3 is 2.52 bits per heavy atom. The fraction of sp³-hybridized carbons (Fsp3) is 0.429. The number of carbonyl (C=O) groups excluding carboxylic acids is 2. The molecule has 1 aromatic carbocycles. The number of alkyl halides is 3. The standard InChI is InChI=1S/C14H14F4N2O3/c1-6-4-10(23-11(6)14(16,17)18)13(22)20-7-2-3-9(15)8(5-7)12(19)21/h2-3,5-6,10-11H,4H2,1H3,(H2,19,21)(H,20,22)/t6?,10-,11?/m1/s1. The lowest BCUT2D eigenvalue weighted by molar-refractivity contribution is -0.221. The van der Waals surface area contributed by atoms with E-state index in [9.17, 15) is 27.2 Å². The first-order valence-electron chi connectivity index (χ1n) is 6.72. The van der Waals surface area contributed by atoms with E-state index in [0.717, 1.165) is 12.1 Å². The van der Waals surface area contributed by atoms with Gasteiger partial charge in [0.25, 0.3) is 11.8 Å². The Morgan fingerprint density at radius 1 is 1.35 bits per heavy atom. The molecule has 23 heavy (non-hydrogen) atoms. The zero-order chi connectivity index (χ0) is 17.4. The van der Waals surface area contributed by atoms with Gasteiger partial charge in [-0.3, -0.25) is 9.59 Å². The summed E-state index contributed by atoms with van der Waals surface area (Å²) in [6, 6.07) is 3.10. The van der Waals surface area contributed by atoms with Crippen LogP contribution in [0.3, 0.4) is 0 Å². The van der Waals surface area contributed by atoms with Crippen LogP contribution >= 0.6 is 0 Å². The van der Waals surface area contributed by atoms with Gasteiger partial charge in [0.2, 0.25) is 0 Å². The highest BCUT2D eigenvalue weighted by Gasteiger charge is 2.51. The summed E-state index contributed by atoms with van der Waals surface area (Å²) in [5.41, 5.74) is 4.58. The third-order valence-electron chi connectivity index (χ3n) is 3.53. The molecule has 0 aromatic heterocycles. The zero-order valence-corrected chi connectivity index (χ0v) is 12.0. The van der Waals surface area contributed by atoms with Gasteiger partial charge in [0.05, 0.1) is 5.56 Å². The van der Waals surface area contributed by atoms with Crippen molar-refractivity contribution in [2.75, 3.05) is 5.32 Å². The Hall–Kier alpha value is -2.16. The summed E-state index contributed by atoms with van der Waals surface area (Å²) in [7, 11) is 0. The molecular weight excluding hydrogens is 320 g/mol. The normalized spacial score (nSPS) is 24.5. The molecule has 3 N–H and O–H groups in total. The molecule has 126 valence electrons.